The molecule has 6 nitrogen and oxygen atoms in total. The Bertz CT molecular complexity index is 1190. The monoisotopic (exact) mass is 432 g/mol. The van der Waals surface area contributed by atoms with E-state index < -0.39 is 0 Å². The smallest absolute Gasteiger partial charge is 0.231 e. The molecule has 0 radical (unpaired) electrons. The number of hydrogen-bond acceptors (Lipinski definition) is 6. The second-order valence-corrected chi connectivity index (χ2v) is 7.24. The average Bonchev–Trinajstić information content (AvgIpc) is 3.12. The number of aryl methyl sites for hydroxylation is 1. The number of hydrogen-bond donors (Lipinski definition) is 0. The number of ether oxygens (including phenoxy) is 5. The Balaban J connectivity index is 1.58. The van der Waals surface area contributed by atoms with Gasteiger partial charge in [-0.25, -0.2) is 0 Å². The Morgan fingerprint density at radius 2 is 1.69 bits per heavy atom. The highest BCUT2D eigenvalue weighted by Crippen LogP contribution is 2.42. The van der Waals surface area contributed by atoms with Gasteiger partial charge in [0, 0.05) is 11.6 Å². The van der Waals surface area contributed by atoms with Gasteiger partial charge < -0.3 is 23.7 Å². The predicted octanol–water partition coefficient (Wildman–Crippen LogP) is 5.22. The van der Waals surface area contributed by atoms with Gasteiger partial charge in [0.2, 0.25) is 11.5 Å². The molecular weight excluding hydrogens is 408 g/mol. The first-order valence-corrected chi connectivity index (χ1v) is 10.1. The number of methoxy groups -OCH3 is 3. The minimum atomic E-state index is -0.206. The molecule has 0 aliphatic carbocycles. The highest BCUT2D eigenvalue weighted by atomic mass is 16.5. The zero-order valence-corrected chi connectivity index (χ0v) is 18.4. The van der Waals surface area contributed by atoms with Crippen LogP contribution in [0.3, 0.4) is 0 Å². The van der Waals surface area contributed by atoms with Crippen LogP contribution in [0.1, 0.15) is 27.0 Å². The van der Waals surface area contributed by atoms with Gasteiger partial charge in [-0.15, -0.1) is 0 Å². The van der Waals surface area contributed by atoms with E-state index in [-0.39, 0.29) is 11.5 Å². The van der Waals surface area contributed by atoms with Crippen molar-refractivity contribution in [1.82, 2.24) is 0 Å². The van der Waals surface area contributed by atoms with Crippen LogP contribution in [0.15, 0.2) is 60.4 Å². The molecule has 1 aliphatic rings. The van der Waals surface area contributed by atoms with Crippen molar-refractivity contribution < 1.29 is 28.5 Å². The van der Waals surface area contributed by atoms with E-state index in [2.05, 4.69) is 0 Å². The van der Waals surface area contributed by atoms with Gasteiger partial charge in [0.25, 0.3) is 0 Å². The van der Waals surface area contributed by atoms with Crippen molar-refractivity contribution in [1.29, 1.82) is 0 Å². The molecule has 4 rings (SSSR count). The second-order valence-electron chi connectivity index (χ2n) is 7.24. The van der Waals surface area contributed by atoms with E-state index in [0.29, 0.717) is 46.5 Å². The Hall–Kier alpha value is -3.93. The third-order valence-corrected chi connectivity index (χ3v) is 5.32. The van der Waals surface area contributed by atoms with Crippen molar-refractivity contribution >= 4 is 11.9 Å². The average molecular weight is 432 g/mol. The van der Waals surface area contributed by atoms with Crippen molar-refractivity contribution in [3.8, 4) is 28.7 Å². The molecule has 6 heteroatoms. The van der Waals surface area contributed by atoms with Gasteiger partial charge in [-0.2, -0.15) is 0 Å². The van der Waals surface area contributed by atoms with Crippen LogP contribution in [0.5, 0.6) is 28.7 Å². The molecule has 1 heterocycles. The number of carbonyl (C=O) groups is 1. The lowest BCUT2D eigenvalue weighted by Gasteiger charge is -2.14. The second kappa shape index (κ2) is 9.06. The largest absolute Gasteiger partial charge is 0.493 e. The number of rotatable bonds is 7. The quantitative estimate of drug-likeness (QED) is 0.477. The SMILES string of the molecule is COc1ccc(/C=C2\Oc3cc(OCc4ccccc4C)ccc3C2=O)c(OC)c1OC. The molecule has 32 heavy (non-hydrogen) atoms. The van der Waals surface area contributed by atoms with Gasteiger partial charge in [-0.1, -0.05) is 24.3 Å². The van der Waals surface area contributed by atoms with Crippen LogP contribution < -0.4 is 23.7 Å². The minimum absolute atomic E-state index is 0.196. The number of benzene rings is 3. The summed E-state index contributed by atoms with van der Waals surface area (Å²) in [5.41, 5.74) is 3.39. The maximum absolute atomic E-state index is 12.9. The van der Waals surface area contributed by atoms with Gasteiger partial charge in [0.1, 0.15) is 18.1 Å². The van der Waals surface area contributed by atoms with Gasteiger partial charge in [0.15, 0.2) is 17.3 Å². The molecule has 3 aromatic rings. The summed E-state index contributed by atoms with van der Waals surface area (Å²) < 4.78 is 28.0. The van der Waals surface area contributed by atoms with E-state index in [0.717, 1.165) is 11.1 Å². The van der Waals surface area contributed by atoms with E-state index in [1.54, 1.807) is 43.5 Å². The molecule has 0 atom stereocenters. The highest BCUT2D eigenvalue weighted by Gasteiger charge is 2.28. The highest BCUT2D eigenvalue weighted by molar-refractivity contribution is 6.14. The van der Waals surface area contributed by atoms with E-state index in [4.69, 9.17) is 23.7 Å². The number of allylic oxidation sites excluding steroid dienone is 1. The topological polar surface area (TPSA) is 63.2 Å². The molecule has 0 bridgehead atoms. The van der Waals surface area contributed by atoms with Crippen molar-refractivity contribution in [3.05, 3.63) is 82.6 Å². The fourth-order valence-corrected chi connectivity index (χ4v) is 3.57. The zero-order valence-electron chi connectivity index (χ0n) is 18.4. The van der Waals surface area contributed by atoms with Crippen molar-refractivity contribution in [2.24, 2.45) is 0 Å². The van der Waals surface area contributed by atoms with Crippen molar-refractivity contribution in [2.75, 3.05) is 21.3 Å². The molecule has 0 aromatic heterocycles. The Kier molecular flexibility index (Phi) is 6.03. The van der Waals surface area contributed by atoms with E-state index in [1.807, 2.05) is 31.2 Å². The van der Waals surface area contributed by atoms with Crippen LogP contribution in [0, 0.1) is 6.92 Å². The van der Waals surface area contributed by atoms with Crippen LogP contribution in [-0.2, 0) is 6.61 Å². The van der Waals surface area contributed by atoms with Gasteiger partial charge >= 0.3 is 0 Å². The summed E-state index contributed by atoms with van der Waals surface area (Å²) in [5, 5.41) is 0. The molecule has 0 saturated carbocycles. The Morgan fingerprint density at radius 3 is 2.41 bits per heavy atom. The number of ketones is 1. The molecule has 0 N–H and O–H groups in total. The first kappa shape index (κ1) is 21.3. The molecule has 3 aromatic carbocycles. The molecule has 0 saturated heterocycles. The lowest BCUT2D eigenvalue weighted by atomic mass is 10.1. The lowest BCUT2D eigenvalue weighted by molar-refractivity contribution is 0.101. The fourth-order valence-electron chi connectivity index (χ4n) is 3.57. The Morgan fingerprint density at radius 1 is 0.906 bits per heavy atom. The third-order valence-electron chi connectivity index (χ3n) is 5.32. The zero-order chi connectivity index (χ0) is 22.7. The summed E-state index contributed by atoms with van der Waals surface area (Å²) in [6, 6.07) is 16.8. The first-order chi connectivity index (χ1) is 15.5. The third kappa shape index (κ3) is 3.99. The van der Waals surface area contributed by atoms with Crippen LogP contribution in [0.25, 0.3) is 6.08 Å². The van der Waals surface area contributed by atoms with E-state index in [9.17, 15) is 4.79 Å². The number of fused-ring (bicyclic) bond motifs is 1. The maximum atomic E-state index is 12.9. The summed E-state index contributed by atoms with van der Waals surface area (Å²) in [6.07, 6.45) is 1.64. The van der Waals surface area contributed by atoms with Crippen molar-refractivity contribution in [3.63, 3.8) is 0 Å². The standard InChI is InChI=1S/C26H24O6/c1-16-7-5-6-8-18(16)15-31-19-10-11-20-22(14-19)32-23(24(20)27)13-17-9-12-21(28-2)26(30-4)25(17)29-3/h5-14H,15H2,1-4H3/b23-13-. The molecule has 1 aliphatic heterocycles. The molecule has 0 spiro atoms. The minimum Gasteiger partial charge on any atom is -0.493 e. The first-order valence-electron chi connectivity index (χ1n) is 10.1. The van der Waals surface area contributed by atoms with E-state index in [1.165, 1.54) is 14.2 Å². The fraction of sp³-hybridized carbons (Fsp3) is 0.192. The van der Waals surface area contributed by atoms with Crippen LogP contribution in [0.4, 0.5) is 0 Å². The number of carbonyl (C=O) groups excluding carboxylic acids is 1. The van der Waals surface area contributed by atoms with Crippen LogP contribution in [0.2, 0.25) is 0 Å². The summed E-state index contributed by atoms with van der Waals surface area (Å²) in [4.78, 5) is 12.9. The maximum Gasteiger partial charge on any atom is 0.231 e. The number of Topliss-reactive ketones (excluding diaryl/α,β-unsaturated/α-hetero) is 1. The summed E-state index contributed by atoms with van der Waals surface area (Å²) >= 11 is 0. The predicted molar refractivity (Wildman–Crippen MR) is 121 cm³/mol. The van der Waals surface area contributed by atoms with Gasteiger partial charge in [-0.3, -0.25) is 4.79 Å². The summed E-state index contributed by atoms with van der Waals surface area (Å²) in [6.45, 7) is 2.48. The van der Waals surface area contributed by atoms with Crippen LogP contribution >= 0.6 is 0 Å². The van der Waals surface area contributed by atoms with Crippen molar-refractivity contribution in [2.45, 2.75) is 13.5 Å². The normalized spacial score (nSPS) is 13.5. The van der Waals surface area contributed by atoms with Gasteiger partial charge in [-0.05, 0) is 48.4 Å². The molecule has 0 amide bonds. The molecule has 0 fully saturated rings. The molecular formula is C26H24O6. The Labute approximate surface area is 186 Å². The lowest BCUT2D eigenvalue weighted by Crippen LogP contribution is -2.00. The summed E-state index contributed by atoms with van der Waals surface area (Å²) in [5.74, 6) is 2.51. The van der Waals surface area contributed by atoms with Gasteiger partial charge in [0.05, 0.1) is 26.9 Å². The van der Waals surface area contributed by atoms with Crippen LogP contribution in [-0.4, -0.2) is 27.1 Å². The molecule has 164 valence electrons. The summed E-state index contributed by atoms with van der Waals surface area (Å²) in [7, 11) is 4.61. The molecule has 0 unspecified atom stereocenters. The van der Waals surface area contributed by atoms with E-state index >= 15 is 0 Å².